The summed E-state index contributed by atoms with van der Waals surface area (Å²) in [6, 6.07) is 10.3. The third kappa shape index (κ3) is 3.91. The molecule has 0 radical (unpaired) electrons. The van der Waals surface area contributed by atoms with E-state index in [9.17, 15) is 14.3 Å². The van der Waals surface area contributed by atoms with E-state index in [1.807, 2.05) is 6.07 Å². The van der Waals surface area contributed by atoms with Gasteiger partial charge < -0.3 is 5.11 Å². The number of fused-ring (bicyclic) bond motifs is 2. The number of hydrogen-bond donors (Lipinski definition) is 1. The third-order valence-electron chi connectivity index (χ3n) is 7.36. The number of rotatable bonds is 5. The highest BCUT2D eigenvalue weighted by Crippen LogP contribution is 2.53. The molecule has 162 valence electrons. The molecule has 0 aliphatic heterocycles. The number of halogens is 1. The lowest BCUT2D eigenvalue weighted by Gasteiger charge is -2.20. The van der Waals surface area contributed by atoms with Crippen LogP contribution in [-0.4, -0.2) is 27.0 Å². The van der Waals surface area contributed by atoms with Crippen molar-refractivity contribution in [3.05, 3.63) is 71.4 Å². The van der Waals surface area contributed by atoms with E-state index < -0.39 is 6.10 Å². The molecule has 2 fully saturated rings. The molecule has 2 heterocycles. The molecule has 3 unspecified atom stereocenters. The van der Waals surface area contributed by atoms with Gasteiger partial charge in [-0.2, -0.15) is 0 Å². The van der Waals surface area contributed by atoms with Crippen molar-refractivity contribution in [1.82, 2.24) is 9.97 Å². The molecule has 1 aromatic carbocycles. The summed E-state index contributed by atoms with van der Waals surface area (Å²) >= 11 is 0. The van der Waals surface area contributed by atoms with E-state index in [0.29, 0.717) is 23.4 Å². The average molecular weight is 429 g/mol. The fraction of sp³-hybridized carbons (Fsp3) is 0.370. The van der Waals surface area contributed by atoms with Crippen molar-refractivity contribution < 1.29 is 14.3 Å². The van der Waals surface area contributed by atoms with E-state index in [4.69, 9.17) is 6.42 Å². The highest BCUT2D eigenvalue weighted by Gasteiger charge is 2.45. The number of benzene rings is 1. The molecule has 2 aliphatic carbocycles. The van der Waals surface area contributed by atoms with Gasteiger partial charge in [-0.1, -0.05) is 12.0 Å². The molecule has 0 saturated heterocycles. The number of carbonyl (C=O) groups excluding carboxylic acids is 1. The molecule has 5 atom stereocenters. The van der Waals surface area contributed by atoms with Crippen LogP contribution in [0.1, 0.15) is 48.4 Å². The minimum Gasteiger partial charge on any atom is -0.385 e. The van der Waals surface area contributed by atoms with Gasteiger partial charge in [0.15, 0.2) is 5.78 Å². The first kappa shape index (κ1) is 20.8. The number of Topliss-reactive ketones (excluding diaryl/α,β-unsaturated/α-hetero) is 1. The smallest absolute Gasteiger partial charge is 0.165 e. The zero-order chi connectivity index (χ0) is 22.2. The molecular weight excluding hydrogens is 403 g/mol. The molecule has 0 amide bonds. The first-order valence-electron chi connectivity index (χ1n) is 11.2. The Morgan fingerprint density at radius 3 is 2.59 bits per heavy atom. The molecule has 5 rings (SSSR count). The zero-order valence-corrected chi connectivity index (χ0v) is 17.7. The first-order chi connectivity index (χ1) is 15.5. The number of pyridine rings is 2. The van der Waals surface area contributed by atoms with E-state index in [-0.39, 0.29) is 23.9 Å². The number of nitrogens with zero attached hydrogens (tertiary/aromatic N) is 2. The van der Waals surface area contributed by atoms with Crippen LogP contribution in [-0.2, 0) is 11.2 Å². The maximum absolute atomic E-state index is 13.8. The van der Waals surface area contributed by atoms with Gasteiger partial charge in [-0.15, -0.1) is 6.42 Å². The van der Waals surface area contributed by atoms with Crippen LogP contribution in [0.5, 0.6) is 0 Å². The Hall–Kier alpha value is -3.10. The van der Waals surface area contributed by atoms with Crippen LogP contribution in [0.15, 0.2) is 48.8 Å². The highest BCUT2D eigenvalue weighted by atomic mass is 19.1. The highest BCUT2D eigenvalue weighted by molar-refractivity contribution is 5.85. The van der Waals surface area contributed by atoms with Gasteiger partial charge in [0.2, 0.25) is 0 Å². The topological polar surface area (TPSA) is 63.1 Å². The summed E-state index contributed by atoms with van der Waals surface area (Å²) < 4.78 is 13.8. The number of aliphatic hydroxyl groups excluding tert-OH is 1. The average Bonchev–Trinajstić information content (AvgIpc) is 3.38. The van der Waals surface area contributed by atoms with Crippen molar-refractivity contribution >= 4 is 16.7 Å². The quantitative estimate of drug-likeness (QED) is 0.610. The van der Waals surface area contributed by atoms with Crippen LogP contribution < -0.4 is 0 Å². The second-order valence-corrected chi connectivity index (χ2v) is 9.27. The summed E-state index contributed by atoms with van der Waals surface area (Å²) in [7, 11) is 0. The third-order valence-corrected chi connectivity index (χ3v) is 7.36. The van der Waals surface area contributed by atoms with Crippen molar-refractivity contribution in [2.45, 2.75) is 44.1 Å². The summed E-state index contributed by atoms with van der Waals surface area (Å²) in [6.45, 7) is 0. The molecule has 3 aromatic rings. The number of carbonyl (C=O) groups is 1. The number of aliphatic hydroxyl groups is 1. The van der Waals surface area contributed by atoms with Crippen LogP contribution in [0, 0.1) is 35.9 Å². The maximum Gasteiger partial charge on any atom is 0.165 e. The molecule has 2 aliphatic rings. The van der Waals surface area contributed by atoms with E-state index in [1.54, 1.807) is 36.7 Å². The van der Waals surface area contributed by atoms with Gasteiger partial charge in [-0.05, 0) is 90.8 Å². The Kier molecular flexibility index (Phi) is 5.48. The van der Waals surface area contributed by atoms with Gasteiger partial charge in [0.05, 0.1) is 5.52 Å². The number of aromatic nitrogens is 2. The molecular formula is C27H25FN2O2. The maximum atomic E-state index is 13.8. The van der Waals surface area contributed by atoms with Crippen molar-refractivity contribution in [2.24, 2.45) is 17.8 Å². The fourth-order valence-corrected chi connectivity index (χ4v) is 5.85. The van der Waals surface area contributed by atoms with Crippen LogP contribution >= 0.6 is 0 Å². The summed E-state index contributed by atoms with van der Waals surface area (Å²) in [5.74, 6) is 3.41. The van der Waals surface area contributed by atoms with Crippen molar-refractivity contribution in [3.63, 3.8) is 0 Å². The minimum atomic E-state index is -0.942. The fourth-order valence-electron chi connectivity index (χ4n) is 5.85. The van der Waals surface area contributed by atoms with E-state index in [0.717, 1.165) is 42.1 Å². The molecule has 32 heavy (non-hydrogen) atoms. The van der Waals surface area contributed by atoms with Crippen LogP contribution in [0.3, 0.4) is 0 Å². The molecule has 5 heteroatoms. The van der Waals surface area contributed by atoms with Gasteiger partial charge in [0, 0.05) is 24.2 Å². The standard InChI is InChI=1S/C27H25FN2O2/c1-2-22-5-3-16(15-30-22)9-26(31)27(32)20-12-17-10-19(11-18(17)13-20)23-7-8-29-25-6-4-21(28)14-24(23)25/h1,3-8,14-15,17-20,27,32H,9-13H2/t17-,18+,19?,20?,27?. The van der Waals surface area contributed by atoms with Crippen molar-refractivity contribution in [3.8, 4) is 12.3 Å². The van der Waals surface area contributed by atoms with E-state index in [2.05, 4.69) is 15.9 Å². The van der Waals surface area contributed by atoms with E-state index >= 15 is 0 Å². The summed E-state index contributed by atoms with van der Waals surface area (Å²) in [5.41, 5.74) is 3.29. The van der Waals surface area contributed by atoms with Gasteiger partial charge >= 0.3 is 0 Å². The van der Waals surface area contributed by atoms with Gasteiger partial charge in [-0.3, -0.25) is 9.78 Å². The largest absolute Gasteiger partial charge is 0.385 e. The van der Waals surface area contributed by atoms with Crippen LogP contribution in [0.4, 0.5) is 4.39 Å². The van der Waals surface area contributed by atoms with Gasteiger partial charge in [-0.25, -0.2) is 9.37 Å². The zero-order valence-electron chi connectivity index (χ0n) is 17.7. The predicted molar refractivity (Wildman–Crippen MR) is 120 cm³/mol. The molecule has 2 aromatic heterocycles. The van der Waals surface area contributed by atoms with Gasteiger partial charge in [0.1, 0.15) is 17.6 Å². The lowest BCUT2D eigenvalue weighted by atomic mass is 9.87. The molecule has 0 bridgehead atoms. The lowest BCUT2D eigenvalue weighted by Crippen LogP contribution is -2.30. The van der Waals surface area contributed by atoms with Crippen LogP contribution in [0.2, 0.25) is 0 Å². The predicted octanol–water partition coefficient (Wildman–Crippen LogP) is 4.44. The van der Waals surface area contributed by atoms with Crippen molar-refractivity contribution in [1.29, 1.82) is 0 Å². The Labute approximate surface area is 186 Å². The Morgan fingerprint density at radius 1 is 1.12 bits per heavy atom. The summed E-state index contributed by atoms with van der Waals surface area (Å²) in [4.78, 5) is 21.2. The molecule has 4 nitrogen and oxygen atoms in total. The molecule has 2 saturated carbocycles. The monoisotopic (exact) mass is 428 g/mol. The molecule has 1 N–H and O–H groups in total. The summed E-state index contributed by atoms with van der Waals surface area (Å²) in [6.07, 6.45) is 11.7. The summed E-state index contributed by atoms with van der Waals surface area (Å²) in [5, 5.41) is 11.6. The van der Waals surface area contributed by atoms with Gasteiger partial charge in [0.25, 0.3) is 0 Å². The van der Waals surface area contributed by atoms with Crippen LogP contribution in [0.25, 0.3) is 10.9 Å². The SMILES string of the molecule is C#Cc1ccc(CC(=O)C(O)C2C[C@H]3CC(c4ccnc5ccc(F)cc45)C[C@H]3C2)cn1. The first-order valence-corrected chi connectivity index (χ1v) is 11.2. The Balaban J connectivity index is 1.23. The van der Waals surface area contributed by atoms with E-state index in [1.165, 1.54) is 11.6 Å². The molecule has 0 spiro atoms. The van der Waals surface area contributed by atoms with Crippen molar-refractivity contribution in [2.75, 3.05) is 0 Å². The second-order valence-electron chi connectivity index (χ2n) is 9.27. The Bertz CT molecular complexity index is 1190. The normalized spacial score (nSPS) is 25.4. The lowest BCUT2D eigenvalue weighted by molar-refractivity contribution is -0.129. The number of terminal acetylenes is 1. The Morgan fingerprint density at radius 2 is 1.91 bits per heavy atom. The minimum absolute atomic E-state index is 0.00280. The number of hydrogen-bond acceptors (Lipinski definition) is 4. The second kappa shape index (κ2) is 8.44. The number of ketones is 1.